The van der Waals surface area contributed by atoms with Gasteiger partial charge in [-0.1, -0.05) is 25.1 Å². The van der Waals surface area contributed by atoms with E-state index in [1.165, 1.54) is 16.7 Å². The Morgan fingerprint density at radius 3 is 2.57 bits per heavy atom. The molecule has 0 unspecified atom stereocenters. The van der Waals surface area contributed by atoms with Crippen LogP contribution in [-0.4, -0.2) is 25.0 Å². The highest BCUT2D eigenvalue weighted by atomic mass is 15.1. The quantitative estimate of drug-likeness (QED) is 0.707. The summed E-state index contributed by atoms with van der Waals surface area (Å²) in [5.74, 6) is 0. The van der Waals surface area contributed by atoms with E-state index < -0.39 is 0 Å². The molecule has 0 bridgehead atoms. The van der Waals surface area contributed by atoms with Crippen LogP contribution in [0, 0.1) is 13.8 Å². The molecule has 1 aromatic rings. The van der Waals surface area contributed by atoms with Gasteiger partial charge in [0.05, 0.1) is 0 Å². The molecule has 0 aliphatic rings. The molecule has 0 spiro atoms. The SMILES string of the molecule is CCN(C)CCc1cccc(C)c1C. The van der Waals surface area contributed by atoms with Gasteiger partial charge in [-0.05, 0) is 50.6 Å². The summed E-state index contributed by atoms with van der Waals surface area (Å²) in [6.07, 6.45) is 1.16. The summed E-state index contributed by atoms with van der Waals surface area (Å²) >= 11 is 0. The van der Waals surface area contributed by atoms with E-state index in [1.807, 2.05) is 0 Å². The monoisotopic (exact) mass is 191 g/mol. The Balaban J connectivity index is 2.63. The summed E-state index contributed by atoms with van der Waals surface area (Å²) in [5, 5.41) is 0. The maximum atomic E-state index is 2.35. The highest BCUT2D eigenvalue weighted by Gasteiger charge is 2.01. The normalized spacial score (nSPS) is 10.9. The number of aryl methyl sites for hydroxylation is 1. The van der Waals surface area contributed by atoms with Gasteiger partial charge in [-0.2, -0.15) is 0 Å². The van der Waals surface area contributed by atoms with Gasteiger partial charge in [0, 0.05) is 6.54 Å². The zero-order valence-electron chi connectivity index (χ0n) is 9.80. The van der Waals surface area contributed by atoms with Gasteiger partial charge in [-0.3, -0.25) is 0 Å². The molecule has 0 aliphatic carbocycles. The van der Waals surface area contributed by atoms with Gasteiger partial charge in [0.15, 0.2) is 0 Å². The maximum absolute atomic E-state index is 2.35. The van der Waals surface area contributed by atoms with Crippen LogP contribution >= 0.6 is 0 Å². The van der Waals surface area contributed by atoms with Crippen molar-refractivity contribution in [2.24, 2.45) is 0 Å². The van der Waals surface area contributed by atoms with Gasteiger partial charge in [0.1, 0.15) is 0 Å². The Kier molecular flexibility index (Phi) is 4.15. The summed E-state index contributed by atoms with van der Waals surface area (Å²) in [4.78, 5) is 2.35. The third kappa shape index (κ3) is 2.85. The van der Waals surface area contributed by atoms with Gasteiger partial charge < -0.3 is 4.90 Å². The summed E-state index contributed by atoms with van der Waals surface area (Å²) < 4.78 is 0. The molecule has 14 heavy (non-hydrogen) atoms. The first kappa shape index (κ1) is 11.3. The molecule has 1 aromatic carbocycles. The summed E-state index contributed by atoms with van der Waals surface area (Å²) in [5.41, 5.74) is 4.35. The zero-order valence-corrected chi connectivity index (χ0v) is 9.80. The lowest BCUT2D eigenvalue weighted by atomic mass is 10.0. The lowest BCUT2D eigenvalue weighted by molar-refractivity contribution is 0.357. The van der Waals surface area contributed by atoms with Crippen molar-refractivity contribution in [3.63, 3.8) is 0 Å². The van der Waals surface area contributed by atoms with Crippen LogP contribution in [0.2, 0.25) is 0 Å². The van der Waals surface area contributed by atoms with E-state index in [0.29, 0.717) is 0 Å². The minimum Gasteiger partial charge on any atom is -0.306 e. The highest BCUT2D eigenvalue weighted by molar-refractivity contribution is 5.33. The topological polar surface area (TPSA) is 3.24 Å². The van der Waals surface area contributed by atoms with Crippen molar-refractivity contribution in [2.45, 2.75) is 27.2 Å². The Labute approximate surface area is 87.7 Å². The van der Waals surface area contributed by atoms with Gasteiger partial charge in [-0.25, -0.2) is 0 Å². The van der Waals surface area contributed by atoms with Crippen LogP contribution in [0.5, 0.6) is 0 Å². The lowest BCUT2D eigenvalue weighted by Gasteiger charge is -2.15. The van der Waals surface area contributed by atoms with Crippen LogP contribution in [0.1, 0.15) is 23.6 Å². The Morgan fingerprint density at radius 2 is 1.93 bits per heavy atom. The van der Waals surface area contributed by atoms with Crippen molar-refractivity contribution in [1.82, 2.24) is 4.90 Å². The second-order valence-electron chi connectivity index (χ2n) is 4.00. The molecule has 0 aromatic heterocycles. The van der Waals surface area contributed by atoms with E-state index in [0.717, 1.165) is 19.5 Å². The zero-order chi connectivity index (χ0) is 10.6. The van der Waals surface area contributed by atoms with Gasteiger partial charge >= 0.3 is 0 Å². The number of hydrogen-bond acceptors (Lipinski definition) is 1. The fourth-order valence-corrected chi connectivity index (χ4v) is 1.55. The third-order valence-electron chi connectivity index (χ3n) is 3.02. The van der Waals surface area contributed by atoms with Crippen LogP contribution < -0.4 is 0 Å². The molecule has 78 valence electrons. The molecule has 0 aliphatic heterocycles. The van der Waals surface area contributed by atoms with Crippen molar-refractivity contribution < 1.29 is 0 Å². The molecule has 0 amide bonds. The molecule has 0 saturated heterocycles. The van der Waals surface area contributed by atoms with E-state index in [1.54, 1.807) is 0 Å². The first-order chi connectivity index (χ1) is 6.65. The fraction of sp³-hybridized carbons (Fsp3) is 0.538. The Morgan fingerprint density at radius 1 is 1.21 bits per heavy atom. The molecule has 0 fully saturated rings. The standard InChI is InChI=1S/C13H21N/c1-5-14(4)10-9-13-8-6-7-11(2)12(13)3/h6-8H,5,9-10H2,1-4H3. The van der Waals surface area contributed by atoms with Crippen molar-refractivity contribution in [1.29, 1.82) is 0 Å². The van der Waals surface area contributed by atoms with Crippen LogP contribution in [0.4, 0.5) is 0 Å². The second kappa shape index (κ2) is 5.16. The molecule has 1 heteroatoms. The lowest BCUT2D eigenvalue weighted by Crippen LogP contribution is -2.20. The molecule has 0 radical (unpaired) electrons. The fourth-order valence-electron chi connectivity index (χ4n) is 1.55. The van der Waals surface area contributed by atoms with Crippen molar-refractivity contribution in [2.75, 3.05) is 20.1 Å². The minimum absolute atomic E-state index is 1.13. The molecule has 0 heterocycles. The molecular weight excluding hydrogens is 170 g/mol. The smallest absolute Gasteiger partial charge is 0.00188 e. The van der Waals surface area contributed by atoms with E-state index in [4.69, 9.17) is 0 Å². The van der Waals surface area contributed by atoms with Gasteiger partial charge in [0.25, 0.3) is 0 Å². The number of likely N-dealkylation sites (N-methyl/N-ethyl adjacent to an activating group) is 1. The summed E-state index contributed by atoms with van der Waals surface area (Å²) in [6.45, 7) is 8.88. The van der Waals surface area contributed by atoms with E-state index >= 15 is 0 Å². The maximum Gasteiger partial charge on any atom is 0.00188 e. The number of benzene rings is 1. The average Bonchev–Trinajstić information content (AvgIpc) is 2.20. The average molecular weight is 191 g/mol. The van der Waals surface area contributed by atoms with Gasteiger partial charge in [-0.15, -0.1) is 0 Å². The Hall–Kier alpha value is -0.820. The second-order valence-corrected chi connectivity index (χ2v) is 4.00. The third-order valence-corrected chi connectivity index (χ3v) is 3.02. The predicted molar refractivity (Wildman–Crippen MR) is 62.8 cm³/mol. The number of nitrogens with zero attached hydrogens (tertiary/aromatic N) is 1. The van der Waals surface area contributed by atoms with Crippen LogP contribution in [0.25, 0.3) is 0 Å². The van der Waals surface area contributed by atoms with Crippen LogP contribution in [-0.2, 0) is 6.42 Å². The molecule has 1 rings (SSSR count). The predicted octanol–water partition coefficient (Wildman–Crippen LogP) is 2.80. The number of rotatable bonds is 4. The minimum atomic E-state index is 1.13. The molecule has 1 nitrogen and oxygen atoms in total. The van der Waals surface area contributed by atoms with E-state index in [2.05, 4.69) is 50.9 Å². The highest BCUT2D eigenvalue weighted by Crippen LogP contribution is 2.13. The van der Waals surface area contributed by atoms with Crippen molar-refractivity contribution in [3.05, 3.63) is 34.9 Å². The van der Waals surface area contributed by atoms with Crippen LogP contribution in [0.15, 0.2) is 18.2 Å². The van der Waals surface area contributed by atoms with Crippen LogP contribution in [0.3, 0.4) is 0 Å². The largest absolute Gasteiger partial charge is 0.306 e. The van der Waals surface area contributed by atoms with E-state index in [9.17, 15) is 0 Å². The van der Waals surface area contributed by atoms with E-state index in [-0.39, 0.29) is 0 Å². The van der Waals surface area contributed by atoms with Crippen molar-refractivity contribution in [3.8, 4) is 0 Å². The first-order valence-electron chi connectivity index (χ1n) is 5.38. The summed E-state index contributed by atoms with van der Waals surface area (Å²) in [6, 6.07) is 6.58. The summed E-state index contributed by atoms with van der Waals surface area (Å²) in [7, 11) is 2.17. The molecule has 0 saturated carbocycles. The molecular formula is C13H21N. The molecule has 0 N–H and O–H groups in total. The number of hydrogen-bond donors (Lipinski definition) is 0. The first-order valence-corrected chi connectivity index (χ1v) is 5.38. The van der Waals surface area contributed by atoms with Crippen molar-refractivity contribution >= 4 is 0 Å². The molecule has 0 atom stereocenters. The Bertz CT molecular complexity index is 291. The van der Waals surface area contributed by atoms with Gasteiger partial charge in [0.2, 0.25) is 0 Å².